The number of hydrogen-bond acceptors (Lipinski definition) is 1. The highest BCUT2D eigenvalue weighted by Crippen LogP contribution is 2.34. The van der Waals surface area contributed by atoms with E-state index in [4.69, 9.17) is 0 Å². The standard InChI is InChI=1S/C18H18N2/c1-13-15-9-5-6-10-16(15)20-12-11-19-17(18(13)20)14-7-3-2-4-8-14/h2-10,17,19H,11-12H2,1H3/t17-/m1/s1. The number of nitrogens with one attached hydrogen (secondary N) is 1. The average Bonchev–Trinajstić information content (AvgIpc) is 2.82. The number of rotatable bonds is 1. The fraction of sp³-hybridized carbons (Fsp3) is 0.222. The second-order valence-electron chi connectivity index (χ2n) is 5.48. The topological polar surface area (TPSA) is 17.0 Å². The molecule has 100 valence electrons. The van der Waals surface area contributed by atoms with Gasteiger partial charge in [-0.15, -0.1) is 0 Å². The molecular weight excluding hydrogens is 244 g/mol. The van der Waals surface area contributed by atoms with Crippen molar-refractivity contribution in [1.29, 1.82) is 0 Å². The van der Waals surface area contributed by atoms with E-state index in [-0.39, 0.29) is 0 Å². The van der Waals surface area contributed by atoms with Gasteiger partial charge in [0, 0.05) is 29.7 Å². The summed E-state index contributed by atoms with van der Waals surface area (Å²) in [7, 11) is 0. The van der Waals surface area contributed by atoms with Crippen LogP contribution >= 0.6 is 0 Å². The van der Waals surface area contributed by atoms with Crippen molar-refractivity contribution < 1.29 is 0 Å². The number of aryl methyl sites for hydroxylation is 1. The van der Waals surface area contributed by atoms with Gasteiger partial charge >= 0.3 is 0 Å². The number of aromatic nitrogens is 1. The lowest BCUT2D eigenvalue weighted by molar-refractivity contribution is 0.473. The van der Waals surface area contributed by atoms with Gasteiger partial charge in [0.05, 0.1) is 6.04 Å². The van der Waals surface area contributed by atoms with Crippen LogP contribution in [-0.4, -0.2) is 11.1 Å². The van der Waals surface area contributed by atoms with Crippen LogP contribution in [0.25, 0.3) is 10.9 Å². The molecule has 2 nitrogen and oxygen atoms in total. The van der Waals surface area contributed by atoms with E-state index in [0.717, 1.165) is 13.1 Å². The minimum atomic E-state index is 0.303. The highest BCUT2D eigenvalue weighted by atomic mass is 15.1. The largest absolute Gasteiger partial charge is 0.341 e. The Bertz CT molecular complexity index is 756. The molecule has 1 aromatic heterocycles. The van der Waals surface area contributed by atoms with Crippen molar-refractivity contribution in [3.63, 3.8) is 0 Å². The molecule has 0 saturated carbocycles. The summed E-state index contributed by atoms with van der Waals surface area (Å²) in [5, 5.41) is 5.05. The summed E-state index contributed by atoms with van der Waals surface area (Å²) in [4.78, 5) is 0. The smallest absolute Gasteiger partial charge is 0.0734 e. The fourth-order valence-corrected chi connectivity index (χ4v) is 3.45. The van der Waals surface area contributed by atoms with E-state index < -0.39 is 0 Å². The number of fused-ring (bicyclic) bond motifs is 3. The van der Waals surface area contributed by atoms with Crippen LogP contribution in [0.4, 0.5) is 0 Å². The average molecular weight is 262 g/mol. The molecule has 0 radical (unpaired) electrons. The lowest BCUT2D eigenvalue weighted by Crippen LogP contribution is -2.34. The normalized spacial score (nSPS) is 18.1. The van der Waals surface area contributed by atoms with Gasteiger partial charge in [-0.3, -0.25) is 0 Å². The van der Waals surface area contributed by atoms with Gasteiger partial charge in [0.15, 0.2) is 0 Å². The van der Waals surface area contributed by atoms with Crippen LogP contribution in [-0.2, 0) is 6.54 Å². The molecule has 3 aromatic rings. The quantitative estimate of drug-likeness (QED) is 0.708. The first kappa shape index (κ1) is 11.7. The Kier molecular flexibility index (Phi) is 2.64. The zero-order chi connectivity index (χ0) is 13.5. The summed E-state index contributed by atoms with van der Waals surface area (Å²) in [5.74, 6) is 0. The molecule has 0 amide bonds. The van der Waals surface area contributed by atoms with Gasteiger partial charge in [0.2, 0.25) is 0 Å². The van der Waals surface area contributed by atoms with Crippen molar-refractivity contribution in [2.75, 3.05) is 6.54 Å². The number of hydrogen-bond donors (Lipinski definition) is 1. The van der Waals surface area contributed by atoms with Gasteiger partial charge in [-0.05, 0) is 24.1 Å². The van der Waals surface area contributed by atoms with Crippen molar-refractivity contribution >= 4 is 10.9 Å². The molecule has 2 aromatic carbocycles. The third kappa shape index (κ3) is 1.61. The molecule has 1 aliphatic rings. The Hall–Kier alpha value is -2.06. The number of nitrogens with zero attached hydrogens (tertiary/aromatic N) is 1. The van der Waals surface area contributed by atoms with Crippen LogP contribution < -0.4 is 5.32 Å². The summed E-state index contributed by atoms with van der Waals surface area (Å²) in [6, 6.07) is 19.8. The third-order valence-electron chi connectivity index (χ3n) is 4.36. The summed E-state index contributed by atoms with van der Waals surface area (Å²) >= 11 is 0. The monoisotopic (exact) mass is 262 g/mol. The van der Waals surface area contributed by atoms with Gasteiger partial charge in [0.25, 0.3) is 0 Å². The van der Waals surface area contributed by atoms with Crippen LogP contribution in [0.15, 0.2) is 54.6 Å². The number of benzene rings is 2. The molecular formula is C18H18N2. The maximum Gasteiger partial charge on any atom is 0.0734 e. The Balaban J connectivity index is 1.97. The van der Waals surface area contributed by atoms with Crippen molar-refractivity contribution in [2.45, 2.75) is 19.5 Å². The predicted molar refractivity (Wildman–Crippen MR) is 83.0 cm³/mol. The molecule has 0 spiro atoms. The van der Waals surface area contributed by atoms with Gasteiger partial charge in [-0.25, -0.2) is 0 Å². The summed E-state index contributed by atoms with van der Waals surface area (Å²) < 4.78 is 2.48. The van der Waals surface area contributed by atoms with E-state index in [1.807, 2.05) is 0 Å². The van der Waals surface area contributed by atoms with Gasteiger partial charge in [-0.1, -0.05) is 48.5 Å². The minimum absolute atomic E-state index is 0.303. The van der Waals surface area contributed by atoms with Crippen molar-refractivity contribution in [2.24, 2.45) is 0 Å². The summed E-state index contributed by atoms with van der Waals surface area (Å²) in [5.41, 5.74) is 5.53. The zero-order valence-corrected chi connectivity index (χ0v) is 11.6. The Morgan fingerprint density at radius 2 is 1.75 bits per heavy atom. The molecule has 0 saturated heterocycles. The van der Waals surface area contributed by atoms with Crippen LogP contribution in [0.2, 0.25) is 0 Å². The lowest BCUT2D eigenvalue weighted by atomic mass is 9.99. The second-order valence-corrected chi connectivity index (χ2v) is 5.48. The molecule has 0 aliphatic carbocycles. The molecule has 1 N–H and O–H groups in total. The van der Waals surface area contributed by atoms with Crippen molar-refractivity contribution in [3.05, 3.63) is 71.4 Å². The Morgan fingerprint density at radius 3 is 2.60 bits per heavy atom. The van der Waals surface area contributed by atoms with Crippen LogP contribution in [0.3, 0.4) is 0 Å². The molecule has 1 aliphatic heterocycles. The highest BCUT2D eigenvalue weighted by molar-refractivity contribution is 5.85. The molecule has 0 bridgehead atoms. The van der Waals surface area contributed by atoms with Gasteiger partial charge < -0.3 is 9.88 Å². The van der Waals surface area contributed by atoms with E-state index in [9.17, 15) is 0 Å². The predicted octanol–water partition coefficient (Wildman–Crippen LogP) is 3.64. The Labute approximate surface area is 119 Å². The lowest BCUT2D eigenvalue weighted by Gasteiger charge is -2.28. The molecule has 2 heteroatoms. The molecule has 1 atom stereocenters. The van der Waals surface area contributed by atoms with Gasteiger partial charge in [-0.2, -0.15) is 0 Å². The maximum absolute atomic E-state index is 3.67. The molecule has 4 rings (SSSR count). The maximum atomic E-state index is 3.67. The van der Waals surface area contributed by atoms with E-state index >= 15 is 0 Å². The van der Waals surface area contributed by atoms with E-state index in [0.29, 0.717) is 6.04 Å². The van der Waals surface area contributed by atoms with Crippen LogP contribution in [0.1, 0.15) is 22.9 Å². The zero-order valence-electron chi connectivity index (χ0n) is 11.6. The van der Waals surface area contributed by atoms with Crippen molar-refractivity contribution in [1.82, 2.24) is 9.88 Å². The van der Waals surface area contributed by atoms with Crippen LogP contribution in [0, 0.1) is 6.92 Å². The first-order chi connectivity index (χ1) is 9.86. The molecule has 20 heavy (non-hydrogen) atoms. The third-order valence-corrected chi connectivity index (χ3v) is 4.36. The fourth-order valence-electron chi connectivity index (χ4n) is 3.45. The number of para-hydroxylation sites is 1. The molecule has 0 unspecified atom stereocenters. The highest BCUT2D eigenvalue weighted by Gasteiger charge is 2.25. The second kappa shape index (κ2) is 4.50. The first-order valence-electron chi connectivity index (χ1n) is 7.22. The minimum Gasteiger partial charge on any atom is -0.341 e. The summed E-state index contributed by atoms with van der Waals surface area (Å²) in [6.45, 7) is 4.31. The summed E-state index contributed by atoms with van der Waals surface area (Å²) in [6.07, 6.45) is 0. The van der Waals surface area contributed by atoms with Crippen molar-refractivity contribution in [3.8, 4) is 0 Å². The van der Waals surface area contributed by atoms with E-state index in [2.05, 4.69) is 71.4 Å². The SMILES string of the molecule is Cc1c2n(c3ccccc13)CCN[C@@H]2c1ccccc1. The van der Waals surface area contributed by atoms with Crippen LogP contribution in [0.5, 0.6) is 0 Å². The van der Waals surface area contributed by atoms with E-state index in [1.165, 1.54) is 27.7 Å². The Morgan fingerprint density at radius 1 is 1.00 bits per heavy atom. The van der Waals surface area contributed by atoms with Gasteiger partial charge in [0.1, 0.15) is 0 Å². The van der Waals surface area contributed by atoms with E-state index in [1.54, 1.807) is 0 Å². The molecule has 0 fully saturated rings. The molecule has 2 heterocycles. The first-order valence-corrected chi connectivity index (χ1v) is 7.22.